The highest BCUT2D eigenvalue weighted by molar-refractivity contribution is 8.03. The van der Waals surface area contributed by atoms with Crippen LogP contribution in [0.4, 0.5) is 0 Å². The van der Waals surface area contributed by atoms with Gasteiger partial charge in [0.25, 0.3) is 0 Å². The summed E-state index contributed by atoms with van der Waals surface area (Å²) in [4.78, 5) is 0. The van der Waals surface area contributed by atoms with E-state index in [0.717, 1.165) is 12.8 Å². The summed E-state index contributed by atoms with van der Waals surface area (Å²) in [6.45, 7) is 6.19. The summed E-state index contributed by atoms with van der Waals surface area (Å²) in [7, 11) is 0. The van der Waals surface area contributed by atoms with Crippen molar-refractivity contribution < 1.29 is 0 Å². The number of hydrogen-bond acceptors (Lipinski definition) is 1. The Morgan fingerprint density at radius 3 is 2.96 bits per heavy atom. The molecule has 1 heterocycles. The van der Waals surface area contributed by atoms with Crippen molar-refractivity contribution in [3.63, 3.8) is 0 Å². The van der Waals surface area contributed by atoms with Gasteiger partial charge in [0.15, 0.2) is 0 Å². The maximum atomic E-state index is 4.04. The minimum absolute atomic E-state index is 0.128. The lowest BCUT2D eigenvalue weighted by Gasteiger charge is -2.35. The number of aryl methyl sites for hydroxylation is 1. The lowest BCUT2D eigenvalue weighted by atomic mass is 9.83. The van der Waals surface area contributed by atoms with Crippen LogP contribution in [-0.2, 0) is 4.75 Å². The van der Waals surface area contributed by atoms with Gasteiger partial charge in [-0.15, -0.1) is 18.3 Å². The molecule has 0 bridgehead atoms. The summed E-state index contributed by atoms with van der Waals surface area (Å²) in [5.41, 5.74) is 5.29. The normalized spacial score (nSPS) is 24.1. The van der Waals surface area contributed by atoms with Crippen molar-refractivity contribution in [3.05, 3.63) is 101 Å². The smallest absolute Gasteiger partial charge is 0.0738 e. The molecule has 1 atom stereocenters. The van der Waals surface area contributed by atoms with Gasteiger partial charge in [0.2, 0.25) is 0 Å². The molecule has 23 heavy (non-hydrogen) atoms. The van der Waals surface area contributed by atoms with E-state index >= 15 is 0 Å². The van der Waals surface area contributed by atoms with Crippen LogP contribution < -0.4 is 0 Å². The van der Waals surface area contributed by atoms with Crippen LogP contribution in [0.2, 0.25) is 0 Å². The summed E-state index contributed by atoms with van der Waals surface area (Å²) < 4.78 is -0.128. The molecule has 0 amide bonds. The number of fused-ring (bicyclic) bond motifs is 1. The van der Waals surface area contributed by atoms with Gasteiger partial charge >= 0.3 is 0 Å². The van der Waals surface area contributed by atoms with Crippen LogP contribution >= 0.6 is 11.8 Å². The van der Waals surface area contributed by atoms with Gasteiger partial charge in [0.05, 0.1) is 4.75 Å². The van der Waals surface area contributed by atoms with Crippen molar-refractivity contribution in [2.45, 2.75) is 24.5 Å². The van der Waals surface area contributed by atoms with E-state index < -0.39 is 0 Å². The highest BCUT2D eigenvalue weighted by Crippen LogP contribution is 2.50. The van der Waals surface area contributed by atoms with Crippen LogP contribution in [0.3, 0.4) is 0 Å². The van der Waals surface area contributed by atoms with E-state index in [2.05, 4.69) is 85.7 Å². The first kappa shape index (κ1) is 15.9. The quantitative estimate of drug-likeness (QED) is 0.574. The first-order valence-corrected chi connectivity index (χ1v) is 8.91. The zero-order valence-electron chi connectivity index (χ0n) is 13.5. The molecular weight excluding hydrogens is 296 g/mol. The zero-order chi connectivity index (χ0) is 16.1. The van der Waals surface area contributed by atoms with E-state index in [1.807, 2.05) is 17.8 Å². The molecule has 0 N–H and O–H groups in total. The Kier molecular flexibility index (Phi) is 4.88. The number of rotatable bonds is 3. The molecule has 2 aliphatic rings. The van der Waals surface area contributed by atoms with Crippen molar-refractivity contribution in [1.82, 2.24) is 0 Å². The van der Waals surface area contributed by atoms with Gasteiger partial charge in [-0.2, -0.15) is 0 Å². The molecule has 0 radical (unpaired) electrons. The van der Waals surface area contributed by atoms with Gasteiger partial charge in [-0.05, 0) is 41.9 Å². The van der Waals surface area contributed by atoms with Gasteiger partial charge in [-0.3, -0.25) is 0 Å². The summed E-state index contributed by atoms with van der Waals surface area (Å²) in [6.07, 6.45) is 21.5. The Morgan fingerprint density at radius 1 is 1.17 bits per heavy atom. The van der Waals surface area contributed by atoms with Crippen LogP contribution in [-0.4, -0.2) is 0 Å². The van der Waals surface area contributed by atoms with Gasteiger partial charge in [0, 0.05) is 0 Å². The van der Waals surface area contributed by atoms with Crippen molar-refractivity contribution in [2.24, 2.45) is 0 Å². The Morgan fingerprint density at radius 2 is 2.09 bits per heavy atom. The van der Waals surface area contributed by atoms with Crippen molar-refractivity contribution in [1.29, 1.82) is 0 Å². The number of thioether (sulfide) groups is 1. The second kappa shape index (κ2) is 7.06. The van der Waals surface area contributed by atoms with Crippen LogP contribution in [0.5, 0.6) is 0 Å². The Labute approximate surface area is 143 Å². The van der Waals surface area contributed by atoms with E-state index in [-0.39, 0.29) is 4.75 Å². The maximum absolute atomic E-state index is 4.04. The van der Waals surface area contributed by atoms with E-state index in [9.17, 15) is 0 Å². The summed E-state index contributed by atoms with van der Waals surface area (Å²) >= 11 is 1.88. The number of allylic oxidation sites excluding steroid dienone is 8. The minimum atomic E-state index is -0.128. The van der Waals surface area contributed by atoms with Gasteiger partial charge in [-0.1, -0.05) is 78.4 Å². The fourth-order valence-corrected chi connectivity index (χ4v) is 4.36. The summed E-state index contributed by atoms with van der Waals surface area (Å²) in [5, 5.41) is 2.20. The van der Waals surface area contributed by atoms with Crippen LogP contribution in [0.1, 0.15) is 29.5 Å². The van der Waals surface area contributed by atoms with Crippen molar-refractivity contribution in [2.75, 3.05) is 0 Å². The molecule has 0 aromatic heterocycles. The number of hydrogen-bond donors (Lipinski definition) is 0. The molecule has 0 nitrogen and oxygen atoms in total. The molecule has 1 aliphatic carbocycles. The number of benzene rings is 1. The molecule has 1 aliphatic heterocycles. The molecule has 1 aromatic carbocycles. The van der Waals surface area contributed by atoms with E-state index in [0.29, 0.717) is 0 Å². The zero-order valence-corrected chi connectivity index (χ0v) is 14.4. The first-order valence-electron chi connectivity index (χ1n) is 8.03. The third kappa shape index (κ3) is 3.20. The molecule has 0 saturated heterocycles. The Bertz CT molecular complexity index is 743. The SMILES string of the molecule is C=CCC1(C2=CC=CCC=C2)S/C=C\C=Cc2cc(C)ccc21. The Balaban J connectivity index is 2.26. The minimum Gasteiger partial charge on any atom is -0.117 e. The topological polar surface area (TPSA) is 0 Å². The average molecular weight is 318 g/mol. The average Bonchev–Trinajstić information content (AvgIpc) is 2.81. The summed E-state index contributed by atoms with van der Waals surface area (Å²) in [6, 6.07) is 6.78. The molecule has 0 fully saturated rings. The lowest BCUT2D eigenvalue weighted by Crippen LogP contribution is -2.24. The molecule has 116 valence electrons. The molecule has 1 unspecified atom stereocenters. The molecule has 0 saturated carbocycles. The second-order valence-electron chi connectivity index (χ2n) is 5.90. The third-order valence-corrected chi connectivity index (χ3v) is 5.57. The fourth-order valence-electron chi connectivity index (χ4n) is 3.16. The molecule has 1 heteroatoms. The van der Waals surface area contributed by atoms with Crippen LogP contribution in [0, 0.1) is 6.92 Å². The highest BCUT2D eigenvalue weighted by Gasteiger charge is 2.36. The van der Waals surface area contributed by atoms with Crippen molar-refractivity contribution >= 4 is 17.8 Å². The van der Waals surface area contributed by atoms with Crippen LogP contribution in [0.15, 0.2) is 84.4 Å². The lowest BCUT2D eigenvalue weighted by molar-refractivity contribution is 0.756. The molecule has 1 aromatic rings. The van der Waals surface area contributed by atoms with Gasteiger partial charge in [0.1, 0.15) is 0 Å². The second-order valence-corrected chi connectivity index (χ2v) is 7.11. The van der Waals surface area contributed by atoms with Gasteiger partial charge in [-0.25, -0.2) is 0 Å². The predicted octanol–water partition coefficient (Wildman–Crippen LogP) is 6.48. The fraction of sp³-hybridized carbons (Fsp3) is 0.182. The summed E-state index contributed by atoms with van der Waals surface area (Å²) in [5.74, 6) is 0. The van der Waals surface area contributed by atoms with Gasteiger partial charge < -0.3 is 0 Å². The monoisotopic (exact) mass is 318 g/mol. The van der Waals surface area contributed by atoms with E-state index in [1.165, 1.54) is 22.3 Å². The highest BCUT2D eigenvalue weighted by atomic mass is 32.2. The molecular formula is C22H22S. The standard InChI is InChI=1S/C22H22S/c1-3-15-22(20-11-6-4-5-7-12-20)21-14-13-18(2)17-19(21)10-8-9-16-23-22/h3-4,6-14,16-17H,1,5,15H2,2H3/b10-8?,16-9-. The van der Waals surface area contributed by atoms with E-state index in [1.54, 1.807) is 0 Å². The largest absolute Gasteiger partial charge is 0.117 e. The predicted molar refractivity (Wildman–Crippen MR) is 104 cm³/mol. The third-order valence-electron chi connectivity index (χ3n) is 4.26. The van der Waals surface area contributed by atoms with Crippen molar-refractivity contribution in [3.8, 4) is 0 Å². The first-order chi connectivity index (χ1) is 11.3. The maximum Gasteiger partial charge on any atom is 0.0738 e. The van der Waals surface area contributed by atoms with E-state index in [4.69, 9.17) is 0 Å². The molecule has 0 spiro atoms. The molecule has 3 rings (SSSR count). The Hall–Kier alpha value is -1.99. The van der Waals surface area contributed by atoms with Crippen LogP contribution in [0.25, 0.3) is 6.08 Å².